The van der Waals surface area contributed by atoms with Crippen molar-refractivity contribution in [3.05, 3.63) is 48.0 Å². The highest BCUT2D eigenvalue weighted by Crippen LogP contribution is 2.37. The molecule has 5 heteroatoms. The summed E-state index contributed by atoms with van der Waals surface area (Å²) in [6.45, 7) is 2.71. The second-order valence-electron chi connectivity index (χ2n) is 5.34. The number of phenols is 2. The Morgan fingerprint density at radius 1 is 1.05 bits per heavy atom. The van der Waals surface area contributed by atoms with E-state index in [1.54, 1.807) is 12.1 Å². The molecule has 0 heterocycles. The number of hydrogen-bond acceptors (Lipinski definition) is 5. The van der Waals surface area contributed by atoms with Crippen molar-refractivity contribution in [3.63, 3.8) is 0 Å². The molecule has 0 aliphatic rings. The van der Waals surface area contributed by atoms with Crippen molar-refractivity contribution in [3.8, 4) is 11.5 Å². The van der Waals surface area contributed by atoms with Crippen LogP contribution in [0.3, 0.4) is 0 Å². The lowest BCUT2D eigenvalue weighted by atomic mass is 10.2. The van der Waals surface area contributed by atoms with Crippen LogP contribution in [0.15, 0.2) is 52.3 Å². The van der Waals surface area contributed by atoms with Crippen molar-refractivity contribution in [1.82, 2.24) is 10.2 Å². The number of benzene rings is 2. The van der Waals surface area contributed by atoms with E-state index in [1.807, 2.05) is 18.2 Å². The quantitative estimate of drug-likeness (QED) is 0.685. The van der Waals surface area contributed by atoms with Gasteiger partial charge in [0.15, 0.2) is 0 Å². The van der Waals surface area contributed by atoms with Gasteiger partial charge in [-0.15, -0.1) is 0 Å². The van der Waals surface area contributed by atoms with Crippen LogP contribution < -0.4 is 5.32 Å². The van der Waals surface area contributed by atoms with Gasteiger partial charge in [-0.1, -0.05) is 30.0 Å². The fourth-order valence-corrected chi connectivity index (χ4v) is 2.94. The van der Waals surface area contributed by atoms with Gasteiger partial charge < -0.3 is 20.4 Å². The summed E-state index contributed by atoms with van der Waals surface area (Å²) in [5.74, 6) is 0.167. The Labute approximate surface area is 135 Å². The van der Waals surface area contributed by atoms with Crippen molar-refractivity contribution in [2.24, 2.45) is 0 Å². The van der Waals surface area contributed by atoms with Crippen LogP contribution >= 0.6 is 11.8 Å². The first-order chi connectivity index (χ1) is 10.6. The summed E-state index contributed by atoms with van der Waals surface area (Å²) < 4.78 is 0. The predicted octanol–water partition coefficient (Wildman–Crippen LogP) is 2.90. The highest BCUT2D eigenvalue weighted by atomic mass is 32.2. The smallest absolute Gasteiger partial charge is 0.133 e. The van der Waals surface area contributed by atoms with Crippen molar-refractivity contribution < 1.29 is 10.2 Å². The van der Waals surface area contributed by atoms with Crippen molar-refractivity contribution in [2.75, 3.05) is 27.2 Å². The van der Waals surface area contributed by atoms with Crippen LogP contribution in [0.4, 0.5) is 0 Å². The van der Waals surface area contributed by atoms with Gasteiger partial charge in [0.2, 0.25) is 0 Å². The maximum atomic E-state index is 9.92. The van der Waals surface area contributed by atoms with E-state index in [1.165, 1.54) is 23.4 Å². The summed E-state index contributed by atoms with van der Waals surface area (Å²) in [5.41, 5.74) is 1.19. The highest BCUT2D eigenvalue weighted by molar-refractivity contribution is 7.99. The van der Waals surface area contributed by atoms with Gasteiger partial charge in [-0.2, -0.15) is 0 Å². The molecule has 0 spiro atoms. The predicted molar refractivity (Wildman–Crippen MR) is 90.6 cm³/mol. The fraction of sp³-hybridized carbons (Fsp3) is 0.294. The number of rotatable bonds is 7. The molecule has 2 aromatic rings. The molecule has 2 aromatic carbocycles. The minimum absolute atomic E-state index is 0.0699. The van der Waals surface area contributed by atoms with Crippen LogP contribution in [0.25, 0.3) is 0 Å². The third-order valence-corrected chi connectivity index (χ3v) is 4.37. The second-order valence-corrected chi connectivity index (χ2v) is 6.43. The lowest BCUT2D eigenvalue weighted by Gasteiger charge is -2.13. The number of aromatic hydroxyl groups is 2. The van der Waals surface area contributed by atoms with E-state index in [4.69, 9.17) is 0 Å². The second kappa shape index (κ2) is 8.08. The summed E-state index contributed by atoms with van der Waals surface area (Å²) >= 11 is 1.50. The van der Waals surface area contributed by atoms with E-state index in [-0.39, 0.29) is 11.5 Å². The zero-order chi connectivity index (χ0) is 15.9. The first-order valence-electron chi connectivity index (χ1n) is 7.19. The molecule has 0 unspecified atom stereocenters. The number of nitrogens with zero attached hydrogens (tertiary/aromatic N) is 1. The van der Waals surface area contributed by atoms with Crippen molar-refractivity contribution in [1.29, 1.82) is 0 Å². The van der Waals surface area contributed by atoms with Gasteiger partial charge in [-0.05, 0) is 37.9 Å². The Morgan fingerprint density at radius 3 is 2.55 bits per heavy atom. The first-order valence-corrected chi connectivity index (χ1v) is 8.01. The molecule has 0 aliphatic carbocycles. The Bertz CT molecular complexity index is 617. The van der Waals surface area contributed by atoms with E-state index in [0.717, 1.165) is 29.4 Å². The average Bonchev–Trinajstić information content (AvgIpc) is 2.48. The standard InChI is InChI=1S/C17H22N2O2S/c1-19(2)10-9-18-12-13-5-3-4-6-16(13)22-17-8-7-14(20)11-15(17)21/h3-8,11,18,20-21H,9-10,12H2,1-2H3. The average molecular weight is 318 g/mol. The molecule has 3 N–H and O–H groups in total. The molecule has 0 atom stereocenters. The molecule has 22 heavy (non-hydrogen) atoms. The van der Waals surface area contributed by atoms with Crippen LogP contribution in [0.1, 0.15) is 5.56 Å². The Kier molecular flexibility index (Phi) is 6.12. The lowest BCUT2D eigenvalue weighted by Crippen LogP contribution is -2.26. The van der Waals surface area contributed by atoms with Gasteiger partial charge in [0, 0.05) is 30.6 Å². The third-order valence-electron chi connectivity index (χ3n) is 3.19. The maximum absolute atomic E-state index is 9.92. The summed E-state index contributed by atoms with van der Waals surface area (Å²) in [5, 5.41) is 22.7. The van der Waals surface area contributed by atoms with Crippen LogP contribution in [0.2, 0.25) is 0 Å². The van der Waals surface area contributed by atoms with Crippen molar-refractivity contribution in [2.45, 2.75) is 16.3 Å². The maximum Gasteiger partial charge on any atom is 0.133 e. The molecule has 4 nitrogen and oxygen atoms in total. The summed E-state index contributed by atoms with van der Waals surface area (Å²) in [7, 11) is 4.11. The van der Waals surface area contributed by atoms with Gasteiger partial charge in [-0.3, -0.25) is 0 Å². The van der Waals surface area contributed by atoms with E-state index < -0.39 is 0 Å². The molecule has 0 aromatic heterocycles. The molecular weight excluding hydrogens is 296 g/mol. The molecule has 118 valence electrons. The lowest BCUT2D eigenvalue weighted by molar-refractivity contribution is 0.399. The van der Waals surface area contributed by atoms with Crippen LogP contribution in [0, 0.1) is 0 Å². The molecule has 0 bridgehead atoms. The van der Waals surface area contributed by atoms with E-state index in [2.05, 4.69) is 30.4 Å². The minimum Gasteiger partial charge on any atom is -0.508 e. The fourth-order valence-electron chi connectivity index (χ4n) is 1.99. The van der Waals surface area contributed by atoms with E-state index in [0.29, 0.717) is 0 Å². The highest BCUT2D eigenvalue weighted by Gasteiger charge is 2.08. The zero-order valence-corrected chi connectivity index (χ0v) is 13.7. The topological polar surface area (TPSA) is 55.7 Å². The van der Waals surface area contributed by atoms with Crippen LogP contribution in [0.5, 0.6) is 11.5 Å². The zero-order valence-electron chi connectivity index (χ0n) is 12.9. The number of phenolic OH excluding ortho intramolecular Hbond substituents is 2. The number of nitrogens with one attached hydrogen (secondary N) is 1. The molecule has 2 rings (SSSR count). The first kappa shape index (κ1) is 16.7. The molecule has 0 amide bonds. The van der Waals surface area contributed by atoms with Gasteiger partial charge >= 0.3 is 0 Å². The molecule has 0 aliphatic heterocycles. The number of likely N-dealkylation sites (N-methyl/N-ethyl adjacent to an activating group) is 1. The van der Waals surface area contributed by atoms with Gasteiger partial charge in [-0.25, -0.2) is 0 Å². The van der Waals surface area contributed by atoms with Crippen LogP contribution in [-0.2, 0) is 6.54 Å². The largest absolute Gasteiger partial charge is 0.508 e. The Balaban J connectivity index is 2.04. The molecule has 0 saturated carbocycles. The summed E-state index contributed by atoms with van der Waals surface area (Å²) in [6, 6.07) is 12.8. The molecular formula is C17H22N2O2S. The number of hydrogen-bond donors (Lipinski definition) is 3. The van der Waals surface area contributed by atoms with E-state index >= 15 is 0 Å². The molecule has 0 radical (unpaired) electrons. The SMILES string of the molecule is CN(C)CCNCc1ccccc1Sc1ccc(O)cc1O. The monoisotopic (exact) mass is 318 g/mol. The Hall–Kier alpha value is -1.69. The molecule has 0 fully saturated rings. The van der Waals surface area contributed by atoms with Gasteiger partial charge in [0.25, 0.3) is 0 Å². The minimum atomic E-state index is 0.0699. The van der Waals surface area contributed by atoms with Crippen LogP contribution in [-0.4, -0.2) is 42.3 Å². The molecule has 0 saturated heterocycles. The summed E-state index contributed by atoms with van der Waals surface area (Å²) in [4.78, 5) is 3.97. The third kappa shape index (κ3) is 4.94. The van der Waals surface area contributed by atoms with Gasteiger partial charge in [0.05, 0.1) is 4.90 Å². The van der Waals surface area contributed by atoms with E-state index in [9.17, 15) is 10.2 Å². The summed E-state index contributed by atoms with van der Waals surface area (Å²) in [6.07, 6.45) is 0. The Morgan fingerprint density at radius 2 is 1.82 bits per heavy atom. The van der Waals surface area contributed by atoms with Gasteiger partial charge in [0.1, 0.15) is 11.5 Å². The normalized spacial score (nSPS) is 11.0. The van der Waals surface area contributed by atoms with Crippen molar-refractivity contribution >= 4 is 11.8 Å².